The van der Waals surface area contributed by atoms with Crippen molar-refractivity contribution in [1.82, 2.24) is 14.8 Å². The van der Waals surface area contributed by atoms with Gasteiger partial charge >= 0.3 is 5.97 Å². The molecule has 2 aromatic carbocycles. The highest BCUT2D eigenvalue weighted by Crippen LogP contribution is 2.40. The van der Waals surface area contributed by atoms with Crippen molar-refractivity contribution in [2.75, 3.05) is 24.8 Å². The fraction of sp³-hybridized carbons (Fsp3) is 0.321. The Bertz CT molecular complexity index is 1370. The lowest BCUT2D eigenvalue weighted by molar-refractivity contribution is -0.138. The van der Waals surface area contributed by atoms with Crippen LogP contribution in [0.5, 0.6) is 11.5 Å². The van der Waals surface area contributed by atoms with Crippen molar-refractivity contribution in [2.24, 2.45) is 0 Å². The first-order valence-corrected chi connectivity index (χ1v) is 13.8. The van der Waals surface area contributed by atoms with E-state index in [0.29, 0.717) is 39.4 Å². The molecule has 0 spiro atoms. The summed E-state index contributed by atoms with van der Waals surface area (Å²) in [5.74, 6) is 1.24. The Kier molecular flexibility index (Phi) is 9.53. The van der Waals surface area contributed by atoms with Crippen LogP contribution in [0.15, 0.2) is 65.5 Å². The van der Waals surface area contributed by atoms with E-state index in [4.69, 9.17) is 30.9 Å². The third-order valence-corrected chi connectivity index (χ3v) is 7.33. The number of carbonyl (C=O) groups is 1. The predicted octanol–water partition coefficient (Wildman–Crippen LogP) is 6.57. The van der Waals surface area contributed by atoms with E-state index in [1.54, 1.807) is 47.6 Å². The quantitative estimate of drug-likeness (QED) is 0.113. The zero-order chi connectivity index (χ0) is 27.9. The Labute approximate surface area is 236 Å². The molecule has 1 aliphatic heterocycles. The van der Waals surface area contributed by atoms with Crippen LogP contribution in [-0.4, -0.2) is 40.2 Å². The van der Waals surface area contributed by atoms with E-state index in [1.807, 2.05) is 0 Å². The van der Waals surface area contributed by atoms with E-state index < -0.39 is 17.8 Å². The van der Waals surface area contributed by atoms with Crippen LogP contribution in [0.25, 0.3) is 0 Å². The fourth-order valence-corrected chi connectivity index (χ4v) is 5.21. The van der Waals surface area contributed by atoms with Gasteiger partial charge in [-0.25, -0.2) is 13.9 Å². The molecule has 0 saturated carbocycles. The number of anilines is 1. The standard InChI is InChI=1S/C28H30ClFN4O4S/c1-5-7-14-39-28-32-27-31-17(3)24(26(35)37-13-6-2)25(34(27)33-28)18-11-12-22(23(15-18)36-4)38-16-19-20(29)9-8-10-21(19)30/h6,8-12,15,25H,2,5,7,13-14,16H2,1,3-4H3,(H,31,32,33). The van der Waals surface area contributed by atoms with Crippen molar-refractivity contribution in [3.05, 3.63) is 82.3 Å². The summed E-state index contributed by atoms with van der Waals surface area (Å²) in [5.41, 5.74) is 1.93. The number of rotatable bonds is 12. The number of aromatic nitrogens is 3. The van der Waals surface area contributed by atoms with Crippen molar-refractivity contribution in [3.8, 4) is 11.5 Å². The molecule has 11 heteroatoms. The summed E-state index contributed by atoms with van der Waals surface area (Å²) in [4.78, 5) is 17.8. The second-order valence-corrected chi connectivity index (χ2v) is 10.2. The Morgan fingerprint density at radius 2 is 2.13 bits per heavy atom. The van der Waals surface area contributed by atoms with E-state index >= 15 is 0 Å². The molecule has 0 saturated heterocycles. The molecule has 1 aliphatic rings. The van der Waals surface area contributed by atoms with Gasteiger partial charge in [0.2, 0.25) is 11.1 Å². The number of carbonyl (C=O) groups excluding carboxylic acids is 1. The molecule has 0 aliphatic carbocycles. The molecular weight excluding hydrogens is 543 g/mol. The van der Waals surface area contributed by atoms with Gasteiger partial charge in [0, 0.05) is 17.0 Å². The number of fused-ring (bicyclic) bond motifs is 1. The minimum absolute atomic E-state index is 0.0688. The van der Waals surface area contributed by atoms with Gasteiger partial charge in [0.1, 0.15) is 25.1 Å². The Hall–Kier alpha value is -3.50. The Balaban J connectivity index is 1.70. The zero-order valence-corrected chi connectivity index (χ0v) is 23.6. The number of nitrogens with zero attached hydrogens (tertiary/aromatic N) is 3. The van der Waals surface area contributed by atoms with Crippen LogP contribution in [0.2, 0.25) is 5.02 Å². The minimum atomic E-state index is -0.643. The van der Waals surface area contributed by atoms with E-state index in [-0.39, 0.29) is 23.8 Å². The van der Waals surface area contributed by atoms with Crippen LogP contribution in [0.1, 0.15) is 43.9 Å². The van der Waals surface area contributed by atoms with Gasteiger partial charge in [0.25, 0.3) is 0 Å². The van der Waals surface area contributed by atoms with Crippen LogP contribution in [0.3, 0.4) is 0 Å². The Morgan fingerprint density at radius 1 is 1.31 bits per heavy atom. The molecule has 8 nitrogen and oxygen atoms in total. The smallest absolute Gasteiger partial charge is 0.338 e. The van der Waals surface area contributed by atoms with E-state index in [9.17, 15) is 9.18 Å². The van der Waals surface area contributed by atoms with Gasteiger partial charge in [-0.2, -0.15) is 4.98 Å². The van der Waals surface area contributed by atoms with E-state index in [2.05, 4.69) is 23.8 Å². The number of nitrogens with one attached hydrogen (secondary N) is 1. The fourth-order valence-electron chi connectivity index (χ4n) is 4.08. The van der Waals surface area contributed by atoms with Crippen molar-refractivity contribution in [3.63, 3.8) is 0 Å². The Morgan fingerprint density at radius 3 is 2.85 bits per heavy atom. The lowest BCUT2D eigenvalue weighted by Gasteiger charge is -2.28. The monoisotopic (exact) mass is 572 g/mol. The van der Waals surface area contributed by atoms with Crippen LogP contribution < -0.4 is 14.8 Å². The molecule has 206 valence electrons. The molecule has 0 bridgehead atoms. The van der Waals surface area contributed by atoms with Gasteiger partial charge in [-0.15, -0.1) is 5.10 Å². The average Bonchev–Trinajstić information content (AvgIpc) is 3.33. The first kappa shape index (κ1) is 28.5. The van der Waals surface area contributed by atoms with Gasteiger partial charge in [-0.05, 0) is 43.2 Å². The summed E-state index contributed by atoms with van der Waals surface area (Å²) < 4.78 is 32.8. The highest BCUT2D eigenvalue weighted by Gasteiger charge is 2.35. The summed E-state index contributed by atoms with van der Waals surface area (Å²) in [7, 11) is 1.51. The number of methoxy groups -OCH3 is 1. The molecule has 4 rings (SSSR count). The summed E-state index contributed by atoms with van der Waals surface area (Å²) in [6.45, 7) is 7.54. The summed E-state index contributed by atoms with van der Waals surface area (Å²) in [6.07, 6.45) is 3.62. The number of hydrogen-bond acceptors (Lipinski definition) is 8. The number of unbranched alkanes of at least 4 members (excludes halogenated alkanes) is 1. The van der Waals surface area contributed by atoms with Gasteiger partial charge in [0.15, 0.2) is 11.5 Å². The summed E-state index contributed by atoms with van der Waals surface area (Å²) in [5, 5.41) is 8.79. The number of esters is 1. The highest BCUT2D eigenvalue weighted by atomic mass is 35.5. The van der Waals surface area contributed by atoms with Crippen LogP contribution in [0, 0.1) is 5.82 Å². The largest absolute Gasteiger partial charge is 0.493 e. The molecule has 0 fully saturated rings. The molecule has 1 unspecified atom stereocenters. The SMILES string of the molecule is C=CCOC(=O)C1=C(C)Nc2nc(SCCCC)nn2C1c1ccc(OCc2c(F)cccc2Cl)c(OC)c1. The van der Waals surface area contributed by atoms with Gasteiger partial charge in [-0.1, -0.05) is 61.5 Å². The maximum absolute atomic E-state index is 14.3. The lowest BCUT2D eigenvalue weighted by atomic mass is 9.95. The number of halogens is 2. The topological polar surface area (TPSA) is 87.5 Å². The second-order valence-electron chi connectivity index (χ2n) is 8.72. The van der Waals surface area contributed by atoms with E-state index in [1.165, 1.54) is 25.3 Å². The maximum atomic E-state index is 14.3. The molecule has 0 amide bonds. The van der Waals surface area contributed by atoms with Crippen LogP contribution in [-0.2, 0) is 16.1 Å². The first-order valence-electron chi connectivity index (χ1n) is 12.5. The number of ether oxygens (including phenoxy) is 3. The number of benzene rings is 2. The van der Waals surface area contributed by atoms with Crippen molar-refractivity contribution in [1.29, 1.82) is 0 Å². The van der Waals surface area contributed by atoms with Crippen molar-refractivity contribution in [2.45, 2.75) is 44.5 Å². The van der Waals surface area contributed by atoms with Crippen LogP contribution >= 0.6 is 23.4 Å². The zero-order valence-electron chi connectivity index (χ0n) is 22.0. The first-order chi connectivity index (χ1) is 18.9. The summed E-state index contributed by atoms with van der Waals surface area (Å²) in [6, 6.07) is 9.10. The minimum Gasteiger partial charge on any atom is -0.493 e. The van der Waals surface area contributed by atoms with E-state index in [0.717, 1.165) is 18.6 Å². The van der Waals surface area contributed by atoms with Crippen molar-refractivity contribution >= 4 is 35.3 Å². The second kappa shape index (κ2) is 13.0. The lowest BCUT2D eigenvalue weighted by Crippen LogP contribution is -2.29. The maximum Gasteiger partial charge on any atom is 0.338 e. The van der Waals surface area contributed by atoms with Crippen LogP contribution in [0.4, 0.5) is 10.3 Å². The molecule has 1 aromatic heterocycles. The average molecular weight is 573 g/mol. The number of allylic oxidation sites excluding steroid dienone is 1. The molecule has 2 heterocycles. The molecule has 39 heavy (non-hydrogen) atoms. The molecule has 3 aromatic rings. The third kappa shape index (κ3) is 6.39. The summed E-state index contributed by atoms with van der Waals surface area (Å²) >= 11 is 7.71. The molecule has 1 atom stereocenters. The van der Waals surface area contributed by atoms with Gasteiger partial charge in [0.05, 0.1) is 17.7 Å². The van der Waals surface area contributed by atoms with Gasteiger partial charge < -0.3 is 19.5 Å². The predicted molar refractivity (Wildman–Crippen MR) is 150 cm³/mol. The number of hydrogen-bond donors (Lipinski definition) is 1. The van der Waals surface area contributed by atoms with Gasteiger partial charge in [-0.3, -0.25) is 0 Å². The van der Waals surface area contributed by atoms with Crippen molar-refractivity contribution < 1.29 is 23.4 Å². The third-order valence-electron chi connectivity index (χ3n) is 6.05. The molecule has 1 N–H and O–H groups in total. The molecule has 0 radical (unpaired) electrons. The number of thioether (sulfide) groups is 1. The highest BCUT2D eigenvalue weighted by molar-refractivity contribution is 7.99. The normalized spacial score (nSPS) is 14.4. The molecular formula is C28H30ClFN4O4S.